The largest absolute Gasteiger partial charge is 0.493 e. The molecule has 0 amide bonds. The van der Waals surface area contributed by atoms with E-state index in [1.165, 1.54) is 26.4 Å². The van der Waals surface area contributed by atoms with Gasteiger partial charge in [-0.1, -0.05) is 29.8 Å². The number of carbonyl (C=O) groups is 2. The van der Waals surface area contributed by atoms with Crippen molar-refractivity contribution in [1.29, 1.82) is 0 Å². The lowest BCUT2D eigenvalue weighted by Gasteiger charge is -2.15. The number of Topliss-reactive ketones (excluding diaryl/α,β-unsaturated/α-hetero) is 1. The zero-order valence-electron chi connectivity index (χ0n) is 16.0. The van der Waals surface area contributed by atoms with Gasteiger partial charge in [-0.15, -0.1) is 0 Å². The fraction of sp³-hybridized carbons (Fsp3) is 0.238. The molecule has 0 saturated heterocycles. The molecule has 1 N–H and O–H groups in total. The number of aromatic nitrogens is 1. The topological polar surface area (TPSA) is 77.6 Å². The maximum absolute atomic E-state index is 12.9. The molecule has 1 aromatic heterocycles. The van der Waals surface area contributed by atoms with E-state index in [4.69, 9.17) is 25.8 Å². The number of benzene rings is 2. The number of fused-ring (bicyclic) bond motifs is 1. The van der Waals surface area contributed by atoms with Crippen molar-refractivity contribution >= 4 is 34.3 Å². The molecule has 1 atom stereocenters. The first-order valence-corrected chi connectivity index (χ1v) is 8.99. The molecule has 0 fully saturated rings. The van der Waals surface area contributed by atoms with Crippen LogP contribution in [0.25, 0.3) is 10.9 Å². The van der Waals surface area contributed by atoms with Crippen molar-refractivity contribution in [2.45, 2.75) is 20.0 Å². The summed E-state index contributed by atoms with van der Waals surface area (Å²) in [7, 11) is 2.89. The van der Waals surface area contributed by atoms with Crippen LogP contribution in [0, 0.1) is 6.92 Å². The quantitative estimate of drug-likeness (QED) is 0.483. The fourth-order valence-corrected chi connectivity index (χ4v) is 3.40. The number of aromatic amines is 1. The smallest absolute Gasteiger partial charge is 0.339 e. The Morgan fingerprint density at radius 3 is 2.50 bits per heavy atom. The van der Waals surface area contributed by atoms with Gasteiger partial charge < -0.3 is 19.2 Å². The van der Waals surface area contributed by atoms with Gasteiger partial charge in [0.05, 0.1) is 24.8 Å². The van der Waals surface area contributed by atoms with Gasteiger partial charge in [0.2, 0.25) is 5.78 Å². The molecule has 6 nitrogen and oxygen atoms in total. The summed E-state index contributed by atoms with van der Waals surface area (Å²) in [5.41, 5.74) is 2.26. The Kier molecular flexibility index (Phi) is 5.61. The molecule has 146 valence electrons. The molecule has 0 aliphatic rings. The highest BCUT2D eigenvalue weighted by Gasteiger charge is 2.25. The van der Waals surface area contributed by atoms with Gasteiger partial charge in [0.15, 0.2) is 17.6 Å². The Bertz CT molecular complexity index is 1060. The van der Waals surface area contributed by atoms with Gasteiger partial charge in [-0.25, -0.2) is 4.79 Å². The highest BCUT2D eigenvalue weighted by atomic mass is 35.5. The first-order chi connectivity index (χ1) is 13.4. The Morgan fingerprint density at radius 2 is 1.82 bits per heavy atom. The molecule has 0 bridgehead atoms. The number of aryl methyl sites for hydroxylation is 1. The van der Waals surface area contributed by atoms with Gasteiger partial charge in [-0.3, -0.25) is 4.79 Å². The third-order valence-electron chi connectivity index (χ3n) is 4.46. The monoisotopic (exact) mass is 401 g/mol. The van der Waals surface area contributed by atoms with E-state index in [-0.39, 0.29) is 16.4 Å². The summed E-state index contributed by atoms with van der Waals surface area (Å²) in [6.07, 6.45) is -0.975. The highest BCUT2D eigenvalue weighted by Crippen LogP contribution is 2.36. The van der Waals surface area contributed by atoms with E-state index in [0.717, 1.165) is 16.6 Å². The molecule has 0 spiro atoms. The van der Waals surface area contributed by atoms with E-state index < -0.39 is 12.1 Å². The summed E-state index contributed by atoms with van der Waals surface area (Å²) in [5.74, 6) is -0.344. The first kappa shape index (κ1) is 19.8. The zero-order chi connectivity index (χ0) is 20.4. The summed E-state index contributed by atoms with van der Waals surface area (Å²) >= 11 is 6.14. The molecule has 1 unspecified atom stereocenters. The normalized spacial score (nSPS) is 11.9. The number of nitrogens with one attached hydrogen (secondary N) is 1. The van der Waals surface area contributed by atoms with E-state index in [2.05, 4.69) is 4.98 Å². The lowest BCUT2D eigenvalue weighted by Crippen LogP contribution is -2.25. The minimum absolute atomic E-state index is 0.165. The number of ketones is 1. The number of rotatable bonds is 6. The van der Waals surface area contributed by atoms with Gasteiger partial charge in [0.25, 0.3) is 0 Å². The van der Waals surface area contributed by atoms with Crippen molar-refractivity contribution < 1.29 is 23.8 Å². The van der Waals surface area contributed by atoms with Gasteiger partial charge >= 0.3 is 5.97 Å². The SMILES string of the molecule is COc1cc(C(=O)OC(C)C(=O)c2c(C)[nH]c3ccccc23)cc(Cl)c1OC. The lowest BCUT2D eigenvalue weighted by atomic mass is 10.0. The molecule has 0 radical (unpaired) electrons. The third-order valence-corrected chi connectivity index (χ3v) is 4.74. The molecule has 28 heavy (non-hydrogen) atoms. The maximum atomic E-state index is 12.9. The molecule has 0 aliphatic heterocycles. The minimum Gasteiger partial charge on any atom is -0.493 e. The van der Waals surface area contributed by atoms with E-state index in [1.807, 2.05) is 31.2 Å². The van der Waals surface area contributed by atoms with Crippen molar-refractivity contribution in [2.24, 2.45) is 0 Å². The molecule has 3 aromatic rings. The second-order valence-corrected chi connectivity index (χ2v) is 6.68. The van der Waals surface area contributed by atoms with Crippen LogP contribution >= 0.6 is 11.6 Å². The van der Waals surface area contributed by atoms with Crippen LogP contribution in [0.5, 0.6) is 11.5 Å². The van der Waals surface area contributed by atoms with Gasteiger partial charge in [-0.05, 0) is 32.0 Å². The lowest BCUT2D eigenvalue weighted by molar-refractivity contribution is 0.0318. The van der Waals surface area contributed by atoms with Crippen LogP contribution in [0.4, 0.5) is 0 Å². The Balaban J connectivity index is 1.85. The van der Waals surface area contributed by atoms with Crippen molar-refractivity contribution in [3.63, 3.8) is 0 Å². The average molecular weight is 402 g/mol. The molecular formula is C21H20ClNO5. The number of para-hydroxylation sites is 1. The Hall–Kier alpha value is -2.99. The van der Waals surface area contributed by atoms with Crippen LogP contribution in [0.2, 0.25) is 5.02 Å². The van der Waals surface area contributed by atoms with Crippen LogP contribution < -0.4 is 9.47 Å². The number of methoxy groups -OCH3 is 2. The number of hydrogen-bond donors (Lipinski definition) is 1. The summed E-state index contributed by atoms with van der Waals surface area (Å²) in [4.78, 5) is 28.7. The van der Waals surface area contributed by atoms with E-state index in [9.17, 15) is 9.59 Å². The number of carbonyl (C=O) groups excluding carboxylic acids is 2. The van der Waals surface area contributed by atoms with Gasteiger partial charge in [-0.2, -0.15) is 0 Å². The van der Waals surface area contributed by atoms with E-state index in [1.54, 1.807) is 6.92 Å². The predicted molar refractivity (Wildman–Crippen MR) is 107 cm³/mol. The summed E-state index contributed by atoms with van der Waals surface area (Å²) in [5, 5.41) is 1.00. The first-order valence-electron chi connectivity index (χ1n) is 8.61. The van der Waals surface area contributed by atoms with Crippen molar-refractivity contribution in [3.8, 4) is 11.5 Å². The number of hydrogen-bond acceptors (Lipinski definition) is 5. The summed E-state index contributed by atoms with van der Waals surface area (Å²) in [6.45, 7) is 3.36. The van der Waals surface area contributed by atoms with Crippen LogP contribution in [0.1, 0.15) is 33.3 Å². The van der Waals surface area contributed by atoms with Crippen LogP contribution in [0.15, 0.2) is 36.4 Å². The number of esters is 1. The Morgan fingerprint density at radius 1 is 1.11 bits per heavy atom. The minimum atomic E-state index is -0.975. The third kappa shape index (κ3) is 3.55. The van der Waals surface area contributed by atoms with Crippen LogP contribution in [-0.2, 0) is 4.74 Å². The second kappa shape index (κ2) is 7.94. The predicted octanol–water partition coefficient (Wildman–Crippen LogP) is 4.58. The molecule has 1 heterocycles. The highest BCUT2D eigenvalue weighted by molar-refractivity contribution is 6.32. The average Bonchev–Trinajstić information content (AvgIpc) is 3.02. The molecule has 3 rings (SSSR count). The van der Waals surface area contributed by atoms with Crippen LogP contribution in [-0.4, -0.2) is 37.1 Å². The molecule has 0 aliphatic carbocycles. The molecule has 0 saturated carbocycles. The molecular weight excluding hydrogens is 382 g/mol. The standard InChI is InChI=1S/C21H20ClNO5/c1-11-18(14-7-5-6-8-16(14)23-11)19(24)12(2)28-21(25)13-9-15(22)20(27-4)17(10-13)26-3/h5-10,12,23H,1-4H3. The van der Waals surface area contributed by atoms with Crippen LogP contribution in [0.3, 0.4) is 0 Å². The zero-order valence-corrected chi connectivity index (χ0v) is 16.7. The summed E-state index contributed by atoms with van der Waals surface area (Å²) < 4.78 is 15.7. The van der Waals surface area contributed by atoms with Crippen molar-refractivity contribution in [3.05, 3.63) is 58.2 Å². The molecule has 2 aromatic carbocycles. The van der Waals surface area contributed by atoms with Crippen molar-refractivity contribution in [2.75, 3.05) is 14.2 Å². The number of ether oxygens (including phenoxy) is 3. The summed E-state index contributed by atoms with van der Waals surface area (Å²) in [6, 6.07) is 10.4. The van der Waals surface area contributed by atoms with Gasteiger partial charge in [0.1, 0.15) is 0 Å². The second-order valence-electron chi connectivity index (χ2n) is 6.28. The fourth-order valence-electron chi connectivity index (χ4n) is 3.12. The maximum Gasteiger partial charge on any atom is 0.339 e. The van der Waals surface area contributed by atoms with E-state index in [0.29, 0.717) is 17.1 Å². The van der Waals surface area contributed by atoms with Gasteiger partial charge in [0, 0.05) is 22.2 Å². The number of H-pyrrole nitrogens is 1. The van der Waals surface area contributed by atoms with E-state index >= 15 is 0 Å². The number of halogens is 1. The Labute approximate surface area is 167 Å². The molecule has 7 heteroatoms. The van der Waals surface area contributed by atoms with Crippen molar-refractivity contribution in [1.82, 2.24) is 4.98 Å².